The molecule has 2 heterocycles. The Morgan fingerprint density at radius 2 is 2.35 bits per heavy atom. The number of nitrogens with zero attached hydrogens (tertiary/aromatic N) is 2. The lowest BCUT2D eigenvalue weighted by Crippen LogP contribution is -2.28. The molecule has 1 aliphatic carbocycles. The van der Waals surface area contributed by atoms with Crippen molar-refractivity contribution in [2.75, 3.05) is 19.7 Å². The van der Waals surface area contributed by atoms with E-state index in [0.717, 1.165) is 57.1 Å². The Kier molecular flexibility index (Phi) is 4.63. The maximum atomic E-state index is 5.67. The second-order valence-electron chi connectivity index (χ2n) is 6.01. The molecule has 2 aliphatic rings. The predicted octanol–water partition coefficient (Wildman–Crippen LogP) is 1.91. The first-order chi connectivity index (χ1) is 9.85. The van der Waals surface area contributed by atoms with Crippen molar-refractivity contribution in [3.63, 3.8) is 0 Å². The summed E-state index contributed by atoms with van der Waals surface area (Å²) < 4.78 is 5.67. The molecule has 1 aromatic heterocycles. The van der Waals surface area contributed by atoms with Gasteiger partial charge in [0.25, 0.3) is 0 Å². The number of hydrogen-bond donors (Lipinski definition) is 1. The molecule has 1 aromatic rings. The van der Waals surface area contributed by atoms with E-state index in [4.69, 9.17) is 9.72 Å². The quantitative estimate of drug-likeness (QED) is 0.892. The van der Waals surface area contributed by atoms with Crippen LogP contribution in [0.25, 0.3) is 0 Å². The van der Waals surface area contributed by atoms with Crippen LogP contribution in [-0.2, 0) is 24.0 Å². The van der Waals surface area contributed by atoms with Gasteiger partial charge in [-0.2, -0.15) is 0 Å². The maximum Gasteiger partial charge on any atom is 0.131 e. The summed E-state index contributed by atoms with van der Waals surface area (Å²) in [4.78, 5) is 9.34. The number of ether oxygens (including phenoxy) is 1. The topological polar surface area (TPSA) is 47.0 Å². The highest BCUT2D eigenvalue weighted by atomic mass is 16.5. The smallest absolute Gasteiger partial charge is 0.131 e. The first-order valence-corrected chi connectivity index (χ1v) is 8.01. The van der Waals surface area contributed by atoms with Gasteiger partial charge in [-0.25, -0.2) is 9.97 Å². The van der Waals surface area contributed by atoms with Crippen molar-refractivity contribution in [1.29, 1.82) is 0 Å². The summed E-state index contributed by atoms with van der Waals surface area (Å²) in [6, 6.07) is 0. The molecule has 0 bridgehead atoms. The number of nitrogens with one attached hydrogen (secondary N) is 1. The van der Waals surface area contributed by atoms with Gasteiger partial charge in [0, 0.05) is 24.9 Å². The van der Waals surface area contributed by atoms with Gasteiger partial charge in [0.1, 0.15) is 5.82 Å². The van der Waals surface area contributed by atoms with Crippen LogP contribution in [0.4, 0.5) is 0 Å². The second kappa shape index (κ2) is 6.64. The molecular formula is C16H25N3O. The molecule has 1 aliphatic heterocycles. The normalized spacial score (nSPS) is 25.6. The zero-order chi connectivity index (χ0) is 13.8. The summed E-state index contributed by atoms with van der Waals surface area (Å²) >= 11 is 0. The molecule has 0 aromatic carbocycles. The molecule has 0 amide bonds. The monoisotopic (exact) mass is 275 g/mol. The molecule has 1 fully saturated rings. The predicted molar refractivity (Wildman–Crippen MR) is 78.8 cm³/mol. The summed E-state index contributed by atoms with van der Waals surface area (Å²) in [5.74, 6) is 1.72. The standard InChI is InChI=1S/C16H25N3O/c1-2-17-10-12-5-6-15-13(8-12)11-18-16(19-15)9-14-4-3-7-20-14/h11-12,14,17H,2-10H2,1H3. The third-order valence-corrected chi connectivity index (χ3v) is 4.42. The Balaban J connectivity index is 1.62. The fourth-order valence-corrected chi connectivity index (χ4v) is 3.25. The van der Waals surface area contributed by atoms with Gasteiger partial charge in [-0.05, 0) is 56.7 Å². The molecule has 0 spiro atoms. The fourth-order valence-electron chi connectivity index (χ4n) is 3.25. The highest BCUT2D eigenvalue weighted by molar-refractivity contribution is 5.21. The largest absolute Gasteiger partial charge is 0.378 e. The first-order valence-electron chi connectivity index (χ1n) is 8.01. The average molecular weight is 275 g/mol. The Morgan fingerprint density at radius 1 is 1.40 bits per heavy atom. The van der Waals surface area contributed by atoms with Crippen LogP contribution in [0, 0.1) is 5.92 Å². The Hall–Kier alpha value is -1.00. The summed E-state index contributed by atoms with van der Waals surface area (Å²) in [7, 11) is 0. The summed E-state index contributed by atoms with van der Waals surface area (Å²) in [6.45, 7) is 5.24. The number of fused-ring (bicyclic) bond motifs is 1. The van der Waals surface area contributed by atoms with E-state index >= 15 is 0 Å². The van der Waals surface area contributed by atoms with Gasteiger partial charge in [-0.1, -0.05) is 6.92 Å². The van der Waals surface area contributed by atoms with Crippen LogP contribution in [0.1, 0.15) is 43.3 Å². The number of rotatable bonds is 5. The summed E-state index contributed by atoms with van der Waals surface area (Å²) in [5, 5.41) is 3.45. The molecule has 0 radical (unpaired) electrons. The Morgan fingerprint density at radius 3 is 3.15 bits per heavy atom. The van der Waals surface area contributed by atoms with Gasteiger partial charge in [0.05, 0.1) is 6.10 Å². The SMILES string of the molecule is CCNCC1CCc2nc(CC3CCCO3)ncc2C1. The minimum atomic E-state index is 0.346. The molecule has 110 valence electrons. The van der Waals surface area contributed by atoms with Crippen LogP contribution in [0.15, 0.2) is 6.20 Å². The molecule has 1 saturated heterocycles. The van der Waals surface area contributed by atoms with Crippen molar-refractivity contribution in [1.82, 2.24) is 15.3 Å². The lowest BCUT2D eigenvalue weighted by molar-refractivity contribution is 0.110. The fraction of sp³-hybridized carbons (Fsp3) is 0.750. The van der Waals surface area contributed by atoms with Gasteiger partial charge in [-0.15, -0.1) is 0 Å². The highest BCUT2D eigenvalue weighted by Gasteiger charge is 2.22. The van der Waals surface area contributed by atoms with E-state index in [2.05, 4.69) is 23.4 Å². The Labute approximate surface area is 121 Å². The van der Waals surface area contributed by atoms with Crippen LogP contribution < -0.4 is 5.32 Å². The number of aromatic nitrogens is 2. The molecular weight excluding hydrogens is 250 g/mol. The van der Waals surface area contributed by atoms with Crippen molar-refractivity contribution in [2.45, 2.75) is 51.6 Å². The third kappa shape index (κ3) is 3.36. The summed E-state index contributed by atoms with van der Waals surface area (Å²) in [5.41, 5.74) is 2.64. The van der Waals surface area contributed by atoms with Crippen molar-refractivity contribution in [3.05, 3.63) is 23.3 Å². The van der Waals surface area contributed by atoms with E-state index in [1.54, 1.807) is 0 Å². The lowest BCUT2D eigenvalue weighted by Gasteiger charge is -2.24. The van der Waals surface area contributed by atoms with Crippen molar-refractivity contribution in [3.8, 4) is 0 Å². The molecule has 0 saturated carbocycles. The second-order valence-corrected chi connectivity index (χ2v) is 6.01. The van der Waals surface area contributed by atoms with E-state index in [0.29, 0.717) is 6.10 Å². The van der Waals surface area contributed by atoms with Crippen LogP contribution in [0.5, 0.6) is 0 Å². The third-order valence-electron chi connectivity index (χ3n) is 4.42. The highest BCUT2D eigenvalue weighted by Crippen LogP contribution is 2.24. The van der Waals surface area contributed by atoms with Crippen LogP contribution in [-0.4, -0.2) is 35.8 Å². The van der Waals surface area contributed by atoms with Gasteiger partial charge in [-0.3, -0.25) is 0 Å². The molecule has 3 rings (SSSR count). The zero-order valence-corrected chi connectivity index (χ0v) is 12.4. The van der Waals surface area contributed by atoms with E-state index in [-0.39, 0.29) is 0 Å². The molecule has 4 heteroatoms. The minimum Gasteiger partial charge on any atom is -0.378 e. The van der Waals surface area contributed by atoms with Crippen LogP contribution in [0.2, 0.25) is 0 Å². The number of aryl methyl sites for hydroxylation is 1. The van der Waals surface area contributed by atoms with E-state index in [1.807, 2.05) is 0 Å². The van der Waals surface area contributed by atoms with Gasteiger partial charge in [0.2, 0.25) is 0 Å². The summed E-state index contributed by atoms with van der Waals surface area (Å²) in [6.07, 6.45) is 9.11. The Bertz CT molecular complexity index is 443. The first kappa shape index (κ1) is 14.0. The van der Waals surface area contributed by atoms with E-state index in [9.17, 15) is 0 Å². The number of hydrogen-bond acceptors (Lipinski definition) is 4. The molecule has 20 heavy (non-hydrogen) atoms. The lowest BCUT2D eigenvalue weighted by atomic mass is 9.87. The van der Waals surface area contributed by atoms with Crippen molar-refractivity contribution >= 4 is 0 Å². The molecule has 2 unspecified atom stereocenters. The van der Waals surface area contributed by atoms with Crippen LogP contribution >= 0.6 is 0 Å². The molecule has 1 N–H and O–H groups in total. The average Bonchev–Trinajstić information content (AvgIpc) is 2.98. The van der Waals surface area contributed by atoms with Crippen molar-refractivity contribution in [2.24, 2.45) is 5.92 Å². The van der Waals surface area contributed by atoms with Gasteiger partial charge >= 0.3 is 0 Å². The zero-order valence-electron chi connectivity index (χ0n) is 12.4. The van der Waals surface area contributed by atoms with E-state index in [1.165, 1.54) is 24.1 Å². The molecule has 4 nitrogen and oxygen atoms in total. The van der Waals surface area contributed by atoms with Crippen LogP contribution in [0.3, 0.4) is 0 Å². The molecule has 2 atom stereocenters. The van der Waals surface area contributed by atoms with E-state index < -0.39 is 0 Å². The minimum absolute atomic E-state index is 0.346. The van der Waals surface area contributed by atoms with Gasteiger partial charge < -0.3 is 10.1 Å². The maximum absolute atomic E-state index is 5.67. The van der Waals surface area contributed by atoms with Gasteiger partial charge in [0.15, 0.2) is 0 Å². The van der Waals surface area contributed by atoms with Crippen molar-refractivity contribution < 1.29 is 4.74 Å².